The maximum Gasteiger partial charge on any atom is 0.310 e. The minimum absolute atomic E-state index is 0.454. The second-order valence-electron chi connectivity index (χ2n) is 9.22. The molecule has 0 spiro atoms. The standard InChI is InChI=1S/C24H36N2O2/c1-4-18(14-17-8-6-5-7-9-17)21-15-22(21)26-20-12-10-19(11-13-20)25-16-24(2,3)23(27)28/h5-9,14,19-22,25-26H,4,10-13,15-16H2,1-3H3,(H,27,28)/t19?,20?,21-,22+/m0/s1. The van der Waals surface area contributed by atoms with Crippen LogP contribution in [0.5, 0.6) is 0 Å². The first-order valence-corrected chi connectivity index (χ1v) is 10.9. The maximum absolute atomic E-state index is 11.2. The van der Waals surface area contributed by atoms with E-state index in [4.69, 9.17) is 0 Å². The molecule has 2 fully saturated rings. The topological polar surface area (TPSA) is 61.4 Å². The Balaban J connectivity index is 1.41. The predicted molar refractivity (Wildman–Crippen MR) is 115 cm³/mol. The molecule has 0 amide bonds. The van der Waals surface area contributed by atoms with Crippen molar-refractivity contribution < 1.29 is 9.90 Å². The Bertz CT molecular complexity index is 675. The molecule has 0 heterocycles. The molecule has 0 radical (unpaired) electrons. The molecule has 0 saturated heterocycles. The predicted octanol–water partition coefficient (Wildman–Crippen LogP) is 4.47. The lowest BCUT2D eigenvalue weighted by molar-refractivity contribution is -0.146. The Hall–Kier alpha value is -1.65. The summed E-state index contributed by atoms with van der Waals surface area (Å²) in [7, 11) is 0. The van der Waals surface area contributed by atoms with Crippen LogP contribution in [-0.2, 0) is 4.79 Å². The van der Waals surface area contributed by atoms with Crippen LogP contribution in [0.25, 0.3) is 6.08 Å². The van der Waals surface area contributed by atoms with Crippen molar-refractivity contribution in [3.63, 3.8) is 0 Å². The minimum Gasteiger partial charge on any atom is -0.481 e. The zero-order valence-electron chi connectivity index (χ0n) is 17.6. The molecule has 2 saturated carbocycles. The monoisotopic (exact) mass is 384 g/mol. The van der Waals surface area contributed by atoms with Crippen molar-refractivity contribution in [1.29, 1.82) is 0 Å². The summed E-state index contributed by atoms with van der Waals surface area (Å²) in [5, 5.41) is 16.6. The van der Waals surface area contributed by atoms with Crippen molar-refractivity contribution in [3.05, 3.63) is 41.5 Å². The van der Waals surface area contributed by atoms with Crippen molar-refractivity contribution >= 4 is 12.0 Å². The molecule has 0 bridgehead atoms. The third-order valence-electron chi connectivity index (χ3n) is 6.42. The molecule has 2 aliphatic carbocycles. The van der Waals surface area contributed by atoms with Crippen LogP contribution in [0.15, 0.2) is 35.9 Å². The van der Waals surface area contributed by atoms with Gasteiger partial charge in [0.1, 0.15) is 0 Å². The van der Waals surface area contributed by atoms with Crippen LogP contribution in [0.2, 0.25) is 0 Å². The highest BCUT2D eigenvalue weighted by Gasteiger charge is 2.40. The summed E-state index contributed by atoms with van der Waals surface area (Å²) in [5.41, 5.74) is 2.17. The number of carbonyl (C=O) groups is 1. The van der Waals surface area contributed by atoms with E-state index in [0.29, 0.717) is 30.6 Å². The number of carboxylic acids is 1. The first kappa shape index (κ1) is 21.1. The second kappa shape index (κ2) is 9.23. The zero-order valence-corrected chi connectivity index (χ0v) is 17.6. The number of hydrogen-bond acceptors (Lipinski definition) is 3. The molecule has 3 rings (SSSR count). The molecular weight excluding hydrogens is 348 g/mol. The van der Waals surface area contributed by atoms with Gasteiger partial charge in [-0.1, -0.05) is 48.9 Å². The molecular formula is C24H36N2O2. The largest absolute Gasteiger partial charge is 0.481 e. The number of carboxylic acid groups (broad SMARTS) is 1. The van der Waals surface area contributed by atoms with Gasteiger partial charge in [0, 0.05) is 24.7 Å². The number of nitrogens with one attached hydrogen (secondary N) is 2. The van der Waals surface area contributed by atoms with E-state index >= 15 is 0 Å². The van der Waals surface area contributed by atoms with Gasteiger partial charge in [0.25, 0.3) is 0 Å². The molecule has 2 atom stereocenters. The van der Waals surface area contributed by atoms with E-state index in [0.717, 1.165) is 19.3 Å². The Morgan fingerprint density at radius 1 is 1.14 bits per heavy atom. The highest BCUT2D eigenvalue weighted by Crippen LogP contribution is 2.40. The Labute approximate surface area is 169 Å². The van der Waals surface area contributed by atoms with E-state index in [-0.39, 0.29) is 0 Å². The third kappa shape index (κ3) is 5.68. The summed E-state index contributed by atoms with van der Waals surface area (Å²) in [6, 6.07) is 12.3. The van der Waals surface area contributed by atoms with Gasteiger partial charge in [-0.2, -0.15) is 0 Å². The van der Waals surface area contributed by atoms with Gasteiger partial charge in [0.05, 0.1) is 5.41 Å². The molecule has 28 heavy (non-hydrogen) atoms. The third-order valence-corrected chi connectivity index (χ3v) is 6.42. The lowest BCUT2D eigenvalue weighted by atomic mass is 9.88. The van der Waals surface area contributed by atoms with Gasteiger partial charge < -0.3 is 15.7 Å². The van der Waals surface area contributed by atoms with Crippen LogP contribution in [0.1, 0.15) is 64.9 Å². The summed E-state index contributed by atoms with van der Waals surface area (Å²) in [4.78, 5) is 11.2. The van der Waals surface area contributed by atoms with E-state index in [1.165, 1.54) is 24.8 Å². The molecule has 4 nitrogen and oxygen atoms in total. The molecule has 4 heteroatoms. The first-order chi connectivity index (χ1) is 13.4. The summed E-state index contributed by atoms with van der Waals surface area (Å²) in [5.74, 6) is -0.0390. The number of benzene rings is 1. The average Bonchev–Trinajstić information content (AvgIpc) is 3.45. The van der Waals surface area contributed by atoms with Crippen LogP contribution in [0, 0.1) is 11.3 Å². The smallest absolute Gasteiger partial charge is 0.310 e. The molecule has 0 aromatic heterocycles. The zero-order chi connectivity index (χ0) is 20.1. The van der Waals surface area contributed by atoms with Crippen LogP contribution in [0.3, 0.4) is 0 Å². The number of hydrogen-bond donors (Lipinski definition) is 3. The van der Waals surface area contributed by atoms with E-state index < -0.39 is 11.4 Å². The minimum atomic E-state index is -0.731. The van der Waals surface area contributed by atoms with Gasteiger partial charge in [0.2, 0.25) is 0 Å². The fourth-order valence-corrected chi connectivity index (χ4v) is 4.27. The van der Waals surface area contributed by atoms with Crippen LogP contribution >= 0.6 is 0 Å². The van der Waals surface area contributed by atoms with Crippen LogP contribution in [-0.4, -0.2) is 35.7 Å². The lowest BCUT2D eigenvalue weighted by Crippen LogP contribution is -2.45. The fraction of sp³-hybridized carbons (Fsp3) is 0.625. The molecule has 0 unspecified atom stereocenters. The molecule has 1 aromatic carbocycles. The van der Waals surface area contributed by atoms with E-state index in [1.807, 2.05) is 0 Å². The quantitative estimate of drug-likeness (QED) is 0.588. The highest BCUT2D eigenvalue weighted by atomic mass is 16.4. The normalized spacial score (nSPS) is 28.2. The maximum atomic E-state index is 11.2. The molecule has 154 valence electrons. The first-order valence-electron chi connectivity index (χ1n) is 10.9. The number of aliphatic carboxylic acids is 1. The van der Waals surface area contributed by atoms with E-state index in [1.54, 1.807) is 19.4 Å². The fourth-order valence-electron chi connectivity index (χ4n) is 4.27. The van der Waals surface area contributed by atoms with E-state index in [9.17, 15) is 9.90 Å². The van der Waals surface area contributed by atoms with Gasteiger partial charge in [-0.25, -0.2) is 0 Å². The summed E-state index contributed by atoms with van der Waals surface area (Å²) >= 11 is 0. The van der Waals surface area contributed by atoms with Gasteiger partial charge >= 0.3 is 5.97 Å². The van der Waals surface area contributed by atoms with Crippen LogP contribution < -0.4 is 10.6 Å². The Kier molecular flexibility index (Phi) is 6.95. The van der Waals surface area contributed by atoms with Crippen molar-refractivity contribution in [2.24, 2.45) is 11.3 Å². The summed E-state index contributed by atoms with van der Waals surface area (Å²) < 4.78 is 0. The van der Waals surface area contributed by atoms with Crippen LogP contribution in [0.4, 0.5) is 0 Å². The second-order valence-corrected chi connectivity index (χ2v) is 9.22. The van der Waals surface area contributed by atoms with Crippen molar-refractivity contribution in [2.75, 3.05) is 6.54 Å². The SMILES string of the molecule is CCC(=Cc1ccccc1)[C@@H]1C[C@H]1NC1CCC(NCC(C)(C)C(=O)O)CC1. The van der Waals surface area contributed by atoms with Gasteiger partial charge in [-0.05, 0) is 63.9 Å². The van der Waals surface area contributed by atoms with Crippen molar-refractivity contribution in [3.8, 4) is 0 Å². The van der Waals surface area contributed by atoms with E-state index in [2.05, 4.69) is 54.0 Å². The Morgan fingerprint density at radius 3 is 2.39 bits per heavy atom. The van der Waals surface area contributed by atoms with Gasteiger partial charge in [-0.15, -0.1) is 0 Å². The average molecular weight is 385 g/mol. The summed E-state index contributed by atoms with van der Waals surface area (Å²) in [6.45, 7) is 6.38. The van der Waals surface area contributed by atoms with Crippen molar-refractivity contribution in [2.45, 2.75) is 77.4 Å². The molecule has 1 aromatic rings. The summed E-state index contributed by atoms with van der Waals surface area (Å²) in [6.07, 6.45) is 9.37. The Morgan fingerprint density at radius 2 is 1.79 bits per heavy atom. The number of rotatable bonds is 9. The molecule has 0 aliphatic heterocycles. The molecule has 2 aliphatic rings. The lowest BCUT2D eigenvalue weighted by Gasteiger charge is -2.32. The molecule has 3 N–H and O–H groups in total. The van der Waals surface area contributed by atoms with Crippen molar-refractivity contribution in [1.82, 2.24) is 10.6 Å². The van der Waals surface area contributed by atoms with Gasteiger partial charge in [0.15, 0.2) is 0 Å². The van der Waals surface area contributed by atoms with Gasteiger partial charge in [-0.3, -0.25) is 4.79 Å². The highest BCUT2D eigenvalue weighted by molar-refractivity contribution is 5.73.